The van der Waals surface area contributed by atoms with Crippen LogP contribution >= 0.6 is 11.3 Å². The van der Waals surface area contributed by atoms with Gasteiger partial charge in [0.1, 0.15) is 0 Å². The molecule has 0 aliphatic rings. The predicted molar refractivity (Wildman–Crippen MR) is 93.0 cm³/mol. The molecule has 2 rings (SSSR count). The zero-order valence-corrected chi connectivity index (χ0v) is 14.9. The molecule has 0 amide bonds. The summed E-state index contributed by atoms with van der Waals surface area (Å²) in [5, 5.41) is 5.60. The molecule has 1 heterocycles. The lowest BCUT2D eigenvalue weighted by atomic mass is 10.0. The van der Waals surface area contributed by atoms with Crippen molar-refractivity contribution in [3.05, 3.63) is 46.2 Å². The molecule has 1 unspecified atom stereocenters. The van der Waals surface area contributed by atoms with Gasteiger partial charge in [-0.2, -0.15) is 8.78 Å². The standard InChI is InChI=1S/C18H23F2NO2S/c1-4-22-15-10-13(7-8-14(15)23-18(19)20)11-21-17(12(2)3)16-6-5-9-24-16/h5-10,12,17-18,21H,4,11H2,1-3H3. The normalized spacial score (nSPS) is 12.6. The second-order valence-corrected chi connectivity index (χ2v) is 6.69. The number of nitrogens with one attached hydrogen (secondary N) is 1. The predicted octanol–water partition coefficient (Wildman–Crippen LogP) is 5.24. The van der Waals surface area contributed by atoms with Gasteiger partial charge in [0.25, 0.3) is 0 Å². The van der Waals surface area contributed by atoms with Gasteiger partial charge >= 0.3 is 6.61 Å². The molecule has 0 saturated heterocycles. The molecular weight excluding hydrogens is 332 g/mol. The van der Waals surface area contributed by atoms with Crippen LogP contribution in [0.15, 0.2) is 35.7 Å². The third-order valence-corrected chi connectivity index (χ3v) is 4.52. The van der Waals surface area contributed by atoms with Crippen LogP contribution in [0.5, 0.6) is 11.5 Å². The van der Waals surface area contributed by atoms with Crippen LogP contribution in [0.4, 0.5) is 8.78 Å². The zero-order chi connectivity index (χ0) is 17.5. The molecule has 0 saturated carbocycles. The largest absolute Gasteiger partial charge is 0.490 e. The third-order valence-electron chi connectivity index (χ3n) is 3.57. The fourth-order valence-corrected chi connectivity index (χ4v) is 3.46. The number of ether oxygens (including phenoxy) is 2. The first-order valence-corrected chi connectivity index (χ1v) is 8.86. The maximum atomic E-state index is 12.5. The lowest BCUT2D eigenvalue weighted by Gasteiger charge is -2.22. The van der Waals surface area contributed by atoms with Gasteiger partial charge in [0.05, 0.1) is 6.61 Å². The highest BCUT2D eigenvalue weighted by Crippen LogP contribution is 2.31. The van der Waals surface area contributed by atoms with Gasteiger partial charge in [0.15, 0.2) is 11.5 Å². The molecule has 24 heavy (non-hydrogen) atoms. The second kappa shape index (κ2) is 8.99. The second-order valence-electron chi connectivity index (χ2n) is 5.71. The summed E-state index contributed by atoms with van der Waals surface area (Å²) < 4.78 is 34.8. The molecule has 0 spiro atoms. The molecule has 1 aromatic carbocycles. The van der Waals surface area contributed by atoms with Crippen molar-refractivity contribution in [3.63, 3.8) is 0 Å². The smallest absolute Gasteiger partial charge is 0.387 e. The highest BCUT2D eigenvalue weighted by molar-refractivity contribution is 7.10. The number of hydrogen-bond donors (Lipinski definition) is 1. The Balaban J connectivity index is 2.09. The van der Waals surface area contributed by atoms with Crippen molar-refractivity contribution >= 4 is 11.3 Å². The average molecular weight is 355 g/mol. The zero-order valence-electron chi connectivity index (χ0n) is 14.1. The first-order chi connectivity index (χ1) is 11.5. The number of rotatable bonds is 9. The first-order valence-electron chi connectivity index (χ1n) is 7.98. The van der Waals surface area contributed by atoms with Gasteiger partial charge in [-0.05, 0) is 42.0 Å². The number of alkyl halides is 2. The summed E-state index contributed by atoms with van der Waals surface area (Å²) in [5.41, 5.74) is 0.960. The maximum absolute atomic E-state index is 12.5. The van der Waals surface area contributed by atoms with E-state index in [1.54, 1.807) is 23.5 Å². The van der Waals surface area contributed by atoms with Crippen molar-refractivity contribution in [2.45, 2.75) is 40.0 Å². The molecule has 1 aromatic heterocycles. The van der Waals surface area contributed by atoms with Crippen molar-refractivity contribution in [2.75, 3.05) is 6.61 Å². The molecule has 0 fully saturated rings. The van der Waals surface area contributed by atoms with Gasteiger partial charge in [-0.15, -0.1) is 11.3 Å². The minimum Gasteiger partial charge on any atom is -0.490 e. The Kier molecular flexibility index (Phi) is 6.99. The minimum atomic E-state index is -2.86. The number of benzene rings is 1. The summed E-state index contributed by atoms with van der Waals surface area (Å²) in [4.78, 5) is 1.28. The van der Waals surface area contributed by atoms with Crippen LogP contribution in [0.25, 0.3) is 0 Å². The fourth-order valence-electron chi connectivity index (χ4n) is 2.48. The van der Waals surface area contributed by atoms with E-state index in [9.17, 15) is 8.78 Å². The van der Waals surface area contributed by atoms with Crippen LogP contribution in [0.2, 0.25) is 0 Å². The summed E-state index contributed by atoms with van der Waals surface area (Å²) in [6.07, 6.45) is 0. The summed E-state index contributed by atoms with van der Waals surface area (Å²) in [6.45, 7) is 4.29. The molecule has 6 heteroatoms. The van der Waals surface area contributed by atoms with Gasteiger partial charge in [-0.1, -0.05) is 26.0 Å². The first kappa shape index (κ1) is 18.7. The molecule has 0 aliphatic heterocycles. The van der Waals surface area contributed by atoms with Gasteiger partial charge < -0.3 is 14.8 Å². The van der Waals surface area contributed by atoms with Gasteiger partial charge in [0, 0.05) is 17.5 Å². The van der Waals surface area contributed by atoms with Crippen LogP contribution in [-0.4, -0.2) is 13.2 Å². The molecule has 132 valence electrons. The Morgan fingerprint density at radius 3 is 2.54 bits per heavy atom. The summed E-state index contributed by atoms with van der Waals surface area (Å²) in [7, 11) is 0. The fraction of sp³-hybridized carbons (Fsp3) is 0.444. The average Bonchev–Trinajstić information content (AvgIpc) is 3.03. The molecule has 0 bridgehead atoms. The summed E-state index contributed by atoms with van der Waals surface area (Å²) >= 11 is 1.72. The molecule has 3 nitrogen and oxygen atoms in total. The maximum Gasteiger partial charge on any atom is 0.387 e. The Bertz CT molecular complexity index is 617. The van der Waals surface area contributed by atoms with E-state index in [4.69, 9.17) is 4.74 Å². The minimum absolute atomic E-state index is 0.0641. The molecular formula is C18H23F2NO2S. The van der Waals surface area contributed by atoms with Crippen LogP contribution in [-0.2, 0) is 6.54 Å². The Hall–Kier alpha value is -1.66. The van der Waals surface area contributed by atoms with E-state index < -0.39 is 6.61 Å². The Morgan fingerprint density at radius 1 is 1.17 bits per heavy atom. The number of hydrogen-bond acceptors (Lipinski definition) is 4. The van der Waals surface area contributed by atoms with E-state index in [1.165, 1.54) is 10.9 Å². The topological polar surface area (TPSA) is 30.5 Å². The van der Waals surface area contributed by atoms with Gasteiger partial charge in [0.2, 0.25) is 0 Å². The van der Waals surface area contributed by atoms with Gasteiger partial charge in [-0.3, -0.25) is 0 Å². The van der Waals surface area contributed by atoms with Crippen molar-refractivity contribution in [2.24, 2.45) is 5.92 Å². The number of thiophene rings is 1. The molecule has 1 atom stereocenters. The van der Waals surface area contributed by atoms with E-state index in [2.05, 4.69) is 35.3 Å². The van der Waals surface area contributed by atoms with Crippen LogP contribution < -0.4 is 14.8 Å². The quantitative estimate of drug-likeness (QED) is 0.668. The van der Waals surface area contributed by atoms with E-state index in [1.807, 2.05) is 13.0 Å². The van der Waals surface area contributed by atoms with Gasteiger partial charge in [-0.25, -0.2) is 0 Å². The molecule has 1 N–H and O–H groups in total. The van der Waals surface area contributed by atoms with Crippen LogP contribution in [0, 0.1) is 5.92 Å². The number of halogens is 2. The van der Waals surface area contributed by atoms with Crippen molar-refractivity contribution < 1.29 is 18.3 Å². The molecule has 0 radical (unpaired) electrons. The monoisotopic (exact) mass is 355 g/mol. The highest BCUT2D eigenvalue weighted by atomic mass is 32.1. The highest BCUT2D eigenvalue weighted by Gasteiger charge is 2.17. The van der Waals surface area contributed by atoms with Crippen molar-refractivity contribution in [3.8, 4) is 11.5 Å². The lowest BCUT2D eigenvalue weighted by molar-refractivity contribution is -0.0514. The van der Waals surface area contributed by atoms with E-state index in [-0.39, 0.29) is 11.8 Å². The van der Waals surface area contributed by atoms with Crippen LogP contribution in [0.3, 0.4) is 0 Å². The SMILES string of the molecule is CCOc1cc(CNC(c2cccs2)C(C)C)ccc1OC(F)F. The van der Waals surface area contributed by atoms with Crippen molar-refractivity contribution in [1.82, 2.24) is 5.32 Å². The van der Waals surface area contributed by atoms with E-state index in [0.29, 0.717) is 24.8 Å². The Labute approximate surface area is 145 Å². The molecule has 2 aromatic rings. The van der Waals surface area contributed by atoms with Crippen LogP contribution in [0.1, 0.15) is 37.3 Å². The summed E-state index contributed by atoms with van der Waals surface area (Å²) in [5.74, 6) is 0.847. The van der Waals surface area contributed by atoms with E-state index in [0.717, 1.165) is 5.56 Å². The van der Waals surface area contributed by atoms with Crippen molar-refractivity contribution in [1.29, 1.82) is 0 Å². The Morgan fingerprint density at radius 2 is 1.96 bits per heavy atom. The lowest BCUT2D eigenvalue weighted by Crippen LogP contribution is -2.24. The summed E-state index contributed by atoms with van der Waals surface area (Å²) in [6, 6.07) is 9.47. The molecule has 0 aliphatic carbocycles. The van der Waals surface area contributed by atoms with E-state index >= 15 is 0 Å². The third kappa shape index (κ3) is 5.18.